The van der Waals surface area contributed by atoms with Crippen LogP contribution in [0.2, 0.25) is 0 Å². The van der Waals surface area contributed by atoms with Gasteiger partial charge < -0.3 is 0 Å². The smallest absolute Gasteiger partial charge is 0.267 e. The van der Waals surface area contributed by atoms with Gasteiger partial charge >= 0.3 is 0 Å². The van der Waals surface area contributed by atoms with Gasteiger partial charge in [0.25, 0.3) is 5.56 Å². The Morgan fingerprint density at radius 2 is 1.93 bits per heavy atom. The molecule has 8 heteroatoms. The minimum absolute atomic E-state index is 0.0301. The van der Waals surface area contributed by atoms with Crippen LogP contribution in [0, 0.1) is 6.92 Å². The van der Waals surface area contributed by atoms with Crippen LogP contribution in [-0.2, 0) is 9.59 Å². The third-order valence-corrected chi connectivity index (χ3v) is 5.47. The molecule has 0 N–H and O–H groups in total. The van der Waals surface area contributed by atoms with Gasteiger partial charge in [-0.2, -0.15) is 0 Å². The highest BCUT2D eigenvalue weighted by atomic mass is 32.2. The molecular weight excluding hydrogens is 376 g/mol. The summed E-state index contributed by atoms with van der Waals surface area (Å²) in [5.41, 5.74) is 1.09. The van der Waals surface area contributed by atoms with Crippen LogP contribution in [0.1, 0.15) is 18.5 Å². The minimum atomic E-state index is -0.265. The molecule has 0 radical (unpaired) electrons. The van der Waals surface area contributed by atoms with Crippen molar-refractivity contribution in [1.82, 2.24) is 19.4 Å². The van der Waals surface area contributed by atoms with Gasteiger partial charge in [0.1, 0.15) is 5.82 Å². The van der Waals surface area contributed by atoms with Crippen LogP contribution in [0.25, 0.3) is 16.7 Å². The summed E-state index contributed by atoms with van der Waals surface area (Å²) >= 11 is 1.14. The van der Waals surface area contributed by atoms with E-state index in [1.165, 1.54) is 9.47 Å². The number of amides is 2. The molecular formula is C20H18N4O3S. The number of nitrogens with zero attached hydrogens (tertiary/aromatic N) is 4. The molecule has 1 aliphatic rings. The molecule has 4 rings (SSSR count). The number of benzene rings is 1. The summed E-state index contributed by atoms with van der Waals surface area (Å²) in [4.78, 5) is 47.7. The van der Waals surface area contributed by atoms with Crippen LogP contribution in [0.5, 0.6) is 0 Å². The molecule has 142 valence electrons. The van der Waals surface area contributed by atoms with E-state index in [4.69, 9.17) is 0 Å². The quantitative estimate of drug-likeness (QED) is 0.499. The lowest BCUT2D eigenvalue weighted by molar-refractivity contribution is -0.140. The molecule has 0 spiro atoms. The van der Waals surface area contributed by atoms with Crippen molar-refractivity contribution >= 4 is 34.5 Å². The first-order valence-corrected chi connectivity index (χ1v) is 9.95. The van der Waals surface area contributed by atoms with Gasteiger partial charge in [-0.15, -0.1) is 0 Å². The number of aryl methyl sites for hydroxylation is 1. The molecule has 3 heterocycles. The maximum atomic E-state index is 13.1. The van der Waals surface area contributed by atoms with Gasteiger partial charge in [0.05, 0.1) is 16.7 Å². The summed E-state index contributed by atoms with van der Waals surface area (Å²) < 4.78 is 1.43. The molecule has 1 aromatic carbocycles. The first kappa shape index (κ1) is 18.4. The summed E-state index contributed by atoms with van der Waals surface area (Å²) in [6.45, 7) is 2.30. The SMILES string of the molecule is Cc1cccc(-n2c(SCC(=O)N3CCCC3=O)nc3ccccc3c2=O)n1. The van der Waals surface area contributed by atoms with Crippen LogP contribution in [0.4, 0.5) is 0 Å². The predicted octanol–water partition coefficient (Wildman–Crippen LogP) is 2.33. The fourth-order valence-corrected chi connectivity index (χ4v) is 4.06. The Morgan fingerprint density at radius 3 is 2.68 bits per heavy atom. The lowest BCUT2D eigenvalue weighted by Crippen LogP contribution is -2.33. The van der Waals surface area contributed by atoms with Crippen molar-refractivity contribution < 1.29 is 9.59 Å². The third kappa shape index (κ3) is 3.43. The van der Waals surface area contributed by atoms with E-state index in [1.54, 1.807) is 24.3 Å². The van der Waals surface area contributed by atoms with Crippen LogP contribution in [-0.4, -0.2) is 43.5 Å². The van der Waals surface area contributed by atoms with Gasteiger partial charge in [0.2, 0.25) is 11.8 Å². The minimum Gasteiger partial charge on any atom is -0.282 e. The maximum Gasteiger partial charge on any atom is 0.267 e. The monoisotopic (exact) mass is 394 g/mol. The normalized spacial score (nSPS) is 14.0. The van der Waals surface area contributed by atoms with Crippen LogP contribution < -0.4 is 5.56 Å². The van der Waals surface area contributed by atoms with E-state index in [1.807, 2.05) is 25.1 Å². The number of imide groups is 1. The topological polar surface area (TPSA) is 85.2 Å². The summed E-state index contributed by atoms with van der Waals surface area (Å²) in [7, 11) is 0. The summed E-state index contributed by atoms with van der Waals surface area (Å²) in [5.74, 6) is 0.0754. The van der Waals surface area contributed by atoms with Gasteiger partial charge in [-0.1, -0.05) is 30.0 Å². The average Bonchev–Trinajstić information content (AvgIpc) is 3.12. The fourth-order valence-electron chi connectivity index (χ4n) is 3.18. The van der Waals surface area contributed by atoms with E-state index >= 15 is 0 Å². The van der Waals surface area contributed by atoms with E-state index in [2.05, 4.69) is 9.97 Å². The first-order valence-electron chi connectivity index (χ1n) is 8.96. The van der Waals surface area contributed by atoms with Crippen molar-refractivity contribution in [2.75, 3.05) is 12.3 Å². The molecule has 0 atom stereocenters. The highest BCUT2D eigenvalue weighted by Gasteiger charge is 2.26. The number of hydrogen-bond acceptors (Lipinski definition) is 6. The van der Waals surface area contributed by atoms with Gasteiger partial charge in [-0.3, -0.25) is 19.3 Å². The number of rotatable bonds is 4. The standard InChI is InChI=1S/C20H18N4O3S/c1-13-6-4-9-16(21-13)24-19(27)14-7-2-3-8-15(14)22-20(24)28-12-18(26)23-11-5-10-17(23)25/h2-4,6-9H,5,10-12H2,1H3. The summed E-state index contributed by atoms with van der Waals surface area (Å²) in [5, 5.41) is 0.859. The van der Waals surface area contributed by atoms with Crippen LogP contribution in [0.3, 0.4) is 0 Å². The number of carbonyl (C=O) groups is 2. The molecule has 2 aromatic heterocycles. The van der Waals surface area contributed by atoms with Crippen molar-refractivity contribution in [3.8, 4) is 5.82 Å². The first-order chi connectivity index (χ1) is 13.5. The second kappa shape index (κ2) is 7.55. The Hall–Kier alpha value is -3.00. The van der Waals surface area contributed by atoms with E-state index < -0.39 is 0 Å². The Labute approximate surface area is 165 Å². The second-order valence-corrected chi connectivity index (χ2v) is 7.46. The number of pyridine rings is 1. The van der Waals surface area contributed by atoms with E-state index in [-0.39, 0.29) is 23.1 Å². The van der Waals surface area contributed by atoms with E-state index in [0.29, 0.717) is 41.3 Å². The van der Waals surface area contributed by atoms with Crippen molar-refractivity contribution in [3.63, 3.8) is 0 Å². The fraction of sp³-hybridized carbons (Fsp3) is 0.250. The highest BCUT2D eigenvalue weighted by molar-refractivity contribution is 7.99. The molecule has 3 aromatic rings. The molecule has 0 aliphatic carbocycles. The summed E-state index contributed by atoms with van der Waals surface area (Å²) in [6.07, 6.45) is 1.10. The number of fused-ring (bicyclic) bond motifs is 1. The zero-order valence-corrected chi connectivity index (χ0v) is 16.1. The Morgan fingerprint density at radius 1 is 1.11 bits per heavy atom. The summed E-state index contributed by atoms with van der Waals surface area (Å²) in [6, 6.07) is 12.5. The maximum absolute atomic E-state index is 13.1. The molecule has 1 aliphatic heterocycles. The molecule has 0 bridgehead atoms. The molecule has 0 unspecified atom stereocenters. The van der Waals surface area contributed by atoms with Crippen LogP contribution >= 0.6 is 11.8 Å². The number of carbonyl (C=O) groups excluding carboxylic acids is 2. The zero-order valence-electron chi connectivity index (χ0n) is 15.3. The molecule has 0 saturated carbocycles. The number of thioether (sulfide) groups is 1. The Balaban J connectivity index is 1.75. The second-order valence-electron chi connectivity index (χ2n) is 6.52. The number of likely N-dealkylation sites (tertiary alicyclic amines) is 1. The number of aromatic nitrogens is 3. The van der Waals surface area contributed by atoms with Gasteiger partial charge in [-0.05, 0) is 37.6 Å². The molecule has 1 fully saturated rings. The molecule has 28 heavy (non-hydrogen) atoms. The van der Waals surface area contributed by atoms with Crippen molar-refractivity contribution in [2.24, 2.45) is 0 Å². The van der Waals surface area contributed by atoms with Crippen molar-refractivity contribution in [3.05, 3.63) is 58.5 Å². The van der Waals surface area contributed by atoms with Crippen LogP contribution in [0.15, 0.2) is 52.4 Å². The largest absolute Gasteiger partial charge is 0.282 e. The van der Waals surface area contributed by atoms with Gasteiger partial charge in [0.15, 0.2) is 5.16 Å². The van der Waals surface area contributed by atoms with E-state index in [0.717, 1.165) is 17.5 Å². The van der Waals surface area contributed by atoms with Gasteiger partial charge in [-0.25, -0.2) is 14.5 Å². The Bertz CT molecular complexity index is 1140. The lowest BCUT2D eigenvalue weighted by Gasteiger charge is -2.15. The van der Waals surface area contributed by atoms with Crippen molar-refractivity contribution in [2.45, 2.75) is 24.9 Å². The lowest BCUT2D eigenvalue weighted by atomic mass is 10.2. The van der Waals surface area contributed by atoms with E-state index in [9.17, 15) is 14.4 Å². The third-order valence-electron chi connectivity index (χ3n) is 4.55. The average molecular weight is 394 g/mol. The molecule has 1 saturated heterocycles. The number of hydrogen-bond donors (Lipinski definition) is 0. The zero-order chi connectivity index (χ0) is 19.7. The predicted molar refractivity (Wildman–Crippen MR) is 107 cm³/mol. The van der Waals surface area contributed by atoms with Crippen molar-refractivity contribution in [1.29, 1.82) is 0 Å². The molecule has 2 amide bonds. The molecule has 7 nitrogen and oxygen atoms in total. The highest BCUT2D eigenvalue weighted by Crippen LogP contribution is 2.22. The number of para-hydroxylation sites is 1. The van der Waals surface area contributed by atoms with Gasteiger partial charge in [0, 0.05) is 18.7 Å². The Kier molecular flexibility index (Phi) is 4.95.